The first-order chi connectivity index (χ1) is 12.0. The van der Waals surface area contributed by atoms with E-state index in [1.54, 1.807) is 4.90 Å². The molecule has 1 aliphatic heterocycles. The second kappa shape index (κ2) is 7.12. The molecule has 1 aliphatic rings. The van der Waals surface area contributed by atoms with Crippen LogP contribution in [0.4, 0.5) is 0 Å². The lowest BCUT2D eigenvalue weighted by atomic mass is 10.2. The Labute approximate surface area is 144 Å². The Bertz CT molecular complexity index is 790. The van der Waals surface area contributed by atoms with E-state index >= 15 is 0 Å². The first-order valence-corrected chi connectivity index (χ1v) is 7.87. The average molecular weight is 339 g/mol. The van der Waals surface area contributed by atoms with E-state index in [0.29, 0.717) is 19.5 Å². The van der Waals surface area contributed by atoms with Crippen LogP contribution in [-0.4, -0.2) is 45.4 Å². The van der Waals surface area contributed by atoms with Crippen molar-refractivity contribution < 1.29 is 19.5 Å². The van der Waals surface area contributed by atoms with Crippen LogP contribution in [0.2, 0.25) is 0 Å². The Morgan fingerprint density at radius 3 is 2.60 bits per heavy atom. The third-order valence-electron chi connectivity index (χ3n) is 4.06. The normalized spacial score (nSPS) is 16.7. The Morgan fingerprint density at radius 1 is 1.20 bits per heavy atom. The maximum absolute atomic E-state index is 12.4. The number of aromatic nitrogens is 1. The zero-order chi connectivity index (χ0) is 17.8. The van der Waals surface area contributed by atoms with Gasteiger partial charge in [-0.3, -0.25) is 9.59 Å². The summed E-state index contributed by atoms with van der Waals surface area (Å²) >= 11 is 0. The van der Waals surface area contributed by atoms with Crippen LogP contribution in [0.25, 0.3) is 0 Å². The van der Waals surface area contributed by atoms with Crippen LogP contribution in [0, 0.1) is 0 Å². The fourth-order valence-corrected chi connectivity index (χ4v) is 2.73. The van der Waals surface area contributed by atoms with Crippen LogP contribution in [0.15, 0.2) is 48.7 Å². The number of rotatable bonds is 5. The molecule has 0 saturated carbocycles. The van der Waals surface area contributed by atoms with Gasteiger partial charge in [0.2, 0.25) is 5.91 Å². The van der Waals surface area contributed by atoms with Crippen molar-refractivity contribution in [1.29, 1.82) is 0 Å². The highest BCUT2D eigenvalue weighted by Crippen LogP contribution is 2.15. The number of hydrogen-bond acceptors (Lipinski definition) is 4. The van der Waals surface area contributed by atoms with Gasteiger partial charge in [-0.05, 0) is 24.1 Å². The summed E-state index contributed by atoms with van der Waals surface area (Å²) in [6.45, 7) is 1.09. The summed E-state index contributed by atoms with van der Waals surface area (Å²) in [4.78, 5) is 40.9. The zero-order valence-corrected chi connectivity index (χ0v) is 13.4. The fourth-order valence-electron chi connectivity index (χ4n) is 2.73. The van der Waals surface area contributed by atoms with Gasteiger partial charge in [0, 0.05) is 19.3 Å². The summed E-state index contributed by atoms with van der Waals surface area (Å²) in [5.74, 6) is -1.72. The number of pyridine rings is 1. The Balaban J connectivity index is 1.60. The Kier molecular flexibility index (Phi) is 4.74. The Hall–Kier alpha value is -3.22. The number of hydrogen-bond donors (Lipinski definition) is 2. The SMILES string of the molecule is O=C(NC1CCN(Cc2ccccc2)C1=O)c1ccc(C(=O)O)nc1. The number of aromatic carboxylic acids is 1. The summed E-state index contributed by atoms with van der Waals surface area (Å²) in [6.07, 6.45) is 1.73. The summed E-state index contributed by atoms with van der Waals surface area (Å²) in [7, 11) is 0. The van der Waals surface area contributed by atoms with E-state index in [1.165, 1.54) is 18.3 Å². The predicted molar refractivity (Wildman–Crippen MR) is 88.9 cm³/mol. The lowest BCUT2D eigenvalue weighted by molar-refractivity contribution is -0.129. The summed E-state index contributed by atoms with van der Waals surface area (Å²) in [5.41, 5.74) is 1.12. The molecular weight excluding hydrogens is 322 g/mol. The minimum Gasteiger partial charge on any atom is -0.477 e. The van der Waals surface area contributed by atoms with E-state index in [9.17, 15) is 14.4 Å². The largest absolute Gasteiger partial charge is 0.477 e. The van der Waals surface area contributed by atoms with Crippen molar-refractivity contribution in [2.24, 2.45) is 0 Å². The van der Waals surface area contributed by atoms with E-state index in [0.717, 1.165) is 5.56 Å². The van der Waals surface area contributed by atoms with Crippen LogP contribution in [-0.2, 0) is 11.3 Å². The molecule has 2 N–H and O–H groups in total. The van der Waals surface area contributed by atoms with Crippen LogP contribution < -0.4 is 5.32 Å². The number of carbonyl (C=O) groups is 3. The minimum absolute atomic E-state index is 0.118. The molecule has 0 aliphatic carbocycles. The van der Waals surface area contributed by atoms with Crippen molar-refractivity contribution in [3.63, 3.8) is 0 Å². The van der Waals surface area contributed by atoms with Gasteiger partial charge in [0.05, 0.1) is 5.56 Å². The third-order valence-corrected chi connectivity index (χ3v) is 4.06. The van der Waals surface area contributed by atoms with Gasteiger partial charge in [-0.15, -0.1) is 0 Å². The van der Waals surface area contributed by atoms with Gasteiger partial charge in [-0.25, -0.2) is 9.78 Å². The number of carboxylic acids is 1. The molecule has 1 unspecified atom stereocenters. The standard InChI is InChI=1S/C18H17N3O4/c22-16(13-6-7-15(18(24)25)19-10-13)20-14-8-9-21(17(14)23)11-12-4-2-1-3-5-12/h1-7,10,14H,8-9,11H2,(H,20,22)(H,24,25). The lowest BCUT2D eigenvalue weighted by Crippen LogP contribution is -2.41. The molecule has 3 rings (SSSR count). The minimum atomic E-state index is -1.16. The maximum atomic E-state index is 12.4. The summed E-state index contributed by atoms with van der Waals surface area (Å²) in [6, 6.07) is 11.7. The lowest BCUT2D eigenvalue weighted by Gasteiger charge is -2.17. The number of nitrogens with zero attached hydrogens (tertiary/aromatic N) is 2. The fraction of sp³-hybridized carbons (Fsp3) is 0.222. The van der Waals surface area contributed by atoms with Gasteiger partial charge in [0.15, 0.2) is 0 Å². The molecule has 1 fully saturated rings. The molecule has 25 heavy (non-hydrogen) atoms. The van der Waals surface area contributed by atoms with E-state index < -0.39 is 17.9 Å². The van der Waals surface area contributed by atoms with E-state index in [4.69, 9.17) is 5.11 Å². The smallest absolute Gasteiger partial charge is 0.354 e. The molecular formula is C18H17N3O4. The van der Waals surface area contributed by atoms with Crippen molar-refractivity contribution in [2.75, 3.05) is 6.54 Å². The van der Waals surface area contributed by atoms with Gasteiger partial charge in [-0.2, -0.15) is 0 Å². The molecule has 2 amide bonds. The first-order valence-electron chi connectivity index (χ1n) is 7.87. The van der Waals surface area contributed by atoms with Crippen LogP contribution in [0.5, 0.6) is 0 Å². The Morgan fingerprint density at radius 2 is 1.96 bits per heavy atom. The van der Waals surface area contributed by atoms with Crippen molar-refractivity contribution in [3.05, 3.63) is 65.5 Å². The third kappa shape index (κ3) is 3.82. The van der Waals surface area contributed by atoms with E-state index in [1.807, 2.05) is 30.3 Å². The second-order valence-electron chi connectivity index (χ2n) is 5.80. The quantitative estimate of drug-likeness (QED) is 0.855. The molecule has 2 heterocycles. The highest BCUT2D eigenvalue weighted by molar-refractivity contribution is 5.98. The van der Waals surface area contributed by atoms with Crippen LogP contribution in [0.3, 0.4) is 0 Å². The molecule has 0 spiro atoms. The maximum Gasteiger partial charge on any atom is 0.354 e. The molecule has 1 aromatic carbocycles. The molecule has 2 aromatic rings. The molecule has 1 atom stereocenters. The molecule has 1 aromatic heterocycles. The van der Waals surface area contributed by atoms with Crippen LogP contribution in [0.1, 0.15) is 32.8 Å². The highest BCUT2D eigenvalue weighted by atomic mass is 16.4. The average Bonchev–Trinajstić information content (AvgIpc) is 2.96. The van der Waals surface area contributed by atoms with Crippen molar-refractivity contribution in [1.82, 2.24) is 15.2 Å². The van der Waals surface area contributed by atoms with Gasteiger partial charge in [-0.1, -0.05) is 30.3 Å². The number of carboxylic acid groups (broad SMARTS) is 1. The molecule has 0 radical (unpaired) electrons. The molecule has 128 valence electrons. The van der Waals surface area contributed by atoms with E-state index in [-0.39, 0.29) is 17.2 Å². The highest BCUT2D eigenvalue weighted by Gasteiger charge is 2.32. The van der Waals surface area contributed by atoms with Crippen LogP contribution >= 0.6 is 0 Å². The molecule has 7 nitrogen and oxygen atoms in total. The van der Waals surface area contributed by atoms with Gasteiger partial charge in [0.1, 0.15) is 11.7 Å². The van der Waals surface area contributed by atoms with E-state index in [2.05, 4.69) is 10.3 Å². The predicted octanol–water partition coefficient (Wildman–Crippen LogP) is 1.31. The van der Waals surface area contributed by atoms with Gasteiger partial charge < -0.3 is 15.3 Å². The van der Waals surface area contributed by atoms with Gasteiger partial charge in [0.25, 0.3) is 5.91 Å². The number of carbonyl (C=O) groups excluding carboxylic acids is 2. The zero-order valence-electron chi connectivity index (χ0n) is 13.4. The second-order valence-corrected chi connectivity index (χ2v) is 5.80. The number of benzene rings is 1. The summed E-state index contributed by atoms with van der Waals surface area (Å²) < 4.78 is 0. The molecule has 7 heteroatoms. The number of amides is 2. The number of likely N-dealkylation sites (tertiary alicyclic amines) is 1. The van der Waals surface area contributed by atoms with Crippen molar-refractivity contribution in [2.45, 2.75) is 19.0 Å². The molecule has 0 bridgehead atoms. The summed E-state index contributed by atoms with van der Waals surface area (Å²) in [5, 5.41) is 11.5. The van der Waals surface area contributed by atoms with Crippen molar-refractivity contribution >= 4 is 17.8 Å². The number of nitrogens with one attached hydrogen (secondary N) is 1. The topological polar surface area (TPSA) is 99.6 Å². The van der Waals surface area contributed by atoms with Crippen molar-refractivity contribution in [3.8, 4) is 0 Å². The first kappa shape index (κ1) is 16.6. The molecule has 1 saturated heterocycles. The van der Waals surface area contributed by atoms with Gasteiger partial charge >= 0.3 is 5.97 Å². The monoisotopic (exact) mass is 339 g/mol.